The van der Waals surface area contributed by atoms with Gasteiger partial charge in [-0.3, -0.25) is 9.59 Å². The number of hydrogen-bond donors (Lipinski definition) is 1. The van der Waals surface area contributed by atoms with Crippen LogP contribution >= 0.6 is 0 Å². The molecule has 4 nitrogen and oxygen atoms in total. The number of hydrogen-bond acceptors (Lipinski definition) is 2. The molecule has 0 spiro atoms. The summed E-state index contributed by atoms with van der Waals surface area (Å²) < 4.78 is 0. The molecule has 1 saturated heterocycles. The second-order valence-corrected chi connectivity index (χ2v) is 7.08. The molecule has 21 heavy (non-hydrogen) atoms. The summed E-state index contributed by atoms with van der Waals surface area (Å²) in [4.78, 5) is 26.6. The Morgan fingerprint density at radius 2 is 1.57 bits per heavy atom. The molecule has 3 aliphatic rings. The Labute approximate surface area is 127 Å². The molecule has 0 radical (unpaired) electrons. The Bertz CT molecular complexity index is 382. The van der Waals surface area contributed by atoms with Crippen LogP contribution in [-0.2, 0) is 9.59 Å². The first kappa shape index (κ1) is 14.9. The first-order valence-electron chi connectivity index (χ1n) is 8.84. The lowest BCUT2D eigenvalue weighted by Crippen LogP contribution is -2.40. The minimum Gasteiger partial charge on any atom is -0.353 e. The van der Waals surface area contributed by atoms with Crippen molar-refractivity contribution in [2.75, 3.05) is 6.54 Å². The molecule has 2 amide bonds. The Hall–Kier alpha value is -1.06. The first-order chi connectivity index (χ1) is 10.2. The van der Waals surface area contributed by atoms with Crippen molar-refractivity contribution < 1.29 is 9.59 Å². The summed E-state index contributed by atoms with van der Waals surface area (Å²) in [7, 11) is 0. The van der Waals surface area contributed by atoms with E-state index in [0.717, 1.165) is 25.7 Å². The fraction of sp³-hybridized carbons (Fsp3) is 0.882. The number of likely N-dealkylation sites (tertiary alicyclic amines) is 1. The van der Waals surface area contributed by atoms with Gasteiger partial charge in [-0.15, -0.1) is 0 Å². The van der Waals surface area contributed by atoms with Gasteiger partial charge in [0.1, 0.15) is 0 Å². The highest BCUT2D eigenvalue weighted by Gasteiger charge is 2.38. The van der Waals surface area contributed by atoms with Gasteiger partial charge in [-0.2, -0.15) is 0 Å². The van der Waals surface area contributed by atoms with Crippen LogP contribution in [0, 0.1) is 5.92 Å². The Balaban J connectivity index is 1.52. The maximum absolute atomic E-state index is 12.4. The van der Waals surface area contributed by atoms with Crippen LogP contribution in [0.5, 0.6) is 0 Å². The maximum atomic E-state index is 12.4. The second-order valence-electron chi connectivity index (χ2n) is 7.08. The zero-order valence-electron chi connectivity index (χ0n) is 13.0. The van der Waals surface area contributed by atoms with E-state index in [-0.39, 0.29) is 17.7 Å². The molecule has 1 aliphatic heterocycles. The summed E-state index contributed by atoms with van der Waals surface area (Å²) in [6.45, 7) is 0.655. The van der Waals surface area contributed by atoms with E-state index in [1.54, 1.807) is 0 Å². The zero-order valence-corrected chi connectivity index (χ0v) is 13.0. The van der Waals surface area contributed by atoms with Gasteiger partial charge in [-0.05, 0) is 25.7 Å². The van der Waals surface area contributed by atoms with Crippen LogP contribution in [-0.4, -0.2) is 35.3 Å². The molecule has 1 N–H and O–H groups in total. The van der Waals surface area contributed by atoms with Gasteiger partial charge in [0.05, 0.1) is 5.92 Å². The van der Waals surface area contributed by atoms with Gasteiger partial charge in [-0.25, -0.2) is 0 Å². The van der Waals surface area contributed by atoms with Crippen molar-refractivity contribution in [2.45, 2.75) is 82.7 Å². The van der Waals surface area contributed by atoms with Crippen molar-refractivity contribution in [3.8, 4) is 0 Å². The summed E-state index contributed by atoms with van der Waals surface area (Å²) >= 11 is 0. The van der Waals surface area contributed by atoms with Gasteiger partial charge in [0.15, 0.2) is 0 Å². The van der Waals surface area contributed by atoms with Gasteiger partial charge in [-0.1, -0.05) is 38.5 Å². The summed E-state index contributed by atoms with van der Waals surface area (Å²) in [5, 5.41) is 3.21. The van der Waals surface area contributed by atoms with Crippen molar-refractivity contribution >= 4 is 11.8 Å². The topological polar surface area (TPSA) is 49.4 Å². The Kier molecular flexibility index (Phi) is 4.81. The van der Waals surface area contributed by atoms with Crippen molar-refractivity contribution in [3.63, 3.8) is 0 Å². The predicted octanol–water partition coefficient (Wildman–Crippen LogP) is 2.62. The first-order valence-corrected chi connectivity index (χ1v) is 8.84. The number of carbonyl (C=O) groups is 2. The molecule has 3 fully saturated rings. The van der Waals surface area contributed by atoms with Crippen LogP contribution in [0.25, 0.3) is 0 Å². The lowest BCUT2D eigenvalue weighted by Gasteiger charge is -2.24. The van der Waals surface area contributed by atoms with E-state index in [1.807, 2.05) is 4.90 Å². The van der Waals surface area contributed by atoms with E-state index in [9.17, 15) is 9.59 Å². The molecule has 118 valence electrons. The highest BCUT2D eigenvalue weighted by Crippen LogP contribution is 2.29. The average Bonchev–Trinajstić information content (AvgIpc) is 3.04. The van der Waals surface area contributed by atoms with Crippen molar-refractivity contribution in [2.24, 2.45) is 5.92 Å². The molecule has 2 aliphatic carbocycles. The lowest BCUT2D eigenvalue weighted by atomic mass is 10.0. The minimum absolute atomic E-state index is 0.110. The second kappa shape index (κ2) is 6.80. The van der Waals surface area contributed by atoms with Crippen LogP contribution in [0.4, 0.5) is 0 Å². The third kappa shape index (κ3) is 3.58. The van der Waals surface area contributed by atoms with Gasteiger partial charge >= 0.3 is 0 Å². The van der Waals surface area contributed by atoms with Crippen LogP contribution in [0.3, 0.4) is 0 Å². The Morgan fingerprint density at radius 1 is 0.952 bits per heavy atom. The quantitative estimate of drug-likeness (QED) is 0.813. The summed E-state index contributed by atoms with van der Waals surface area (Å²) in [6, 6.07) is 0.754. The van der Waals surface area contributed by atoms with Crippen molar-refractivity contribution in [1.82, 2.24) is 10.2 Å². The van der Waals surface area contributed by atoms with E-state index >= 15 is 0 Å². The molecule has 1 heterocycles. The third-order valence-electron chi connectivity index (χ3n) is 5.50. The fourth-order valence-electron chi connectivity index (χ4n) is 4.22. The smallest absolute Gasteiger partial charge is 0.225 e. The van der Waals surface area contributed by atoms with Crippen molar-refractivity contribution in [1.29, 1.82) is 0 Å². The Morgan fingerprint density at radius 3 is 2.24 bits per heavy atom. The molecule has 0 aromatic rings. The monoisotopic (exact) mass is 292 g/mol. The van der Waals surface area contributed by atoms with Crippen LogP contribution in [0.2, 0.25) is 0 Å². The molecule has 4 heteroatoms. The predicted molar refractivity (Wildman–Crippen MR) is 81.7 cm³/mol. The van der Waals surface area contributed by atoms with Gasteiger partial charge in [0.25, 0.3) is 0 Å². The van der Waals surface area contributed by atoms with E-state index in [1.165, 1.54) is 38.5 Å². The van der Waals surface area contributed by atoms with Crippen molar-refractivity contribution in [3.05, 3.63) is 0 Å². The van der Waals surface area contributed by atoms with E-state index in [2.05, 4.69) is 5.32 Å². The largest absolute Gasteiger partial charge is 0.353 e. The number of nitrogens with one attached hydrogen (secondary N) is 1. The van der Waals surface area contributed by atoms with Gasteiger partial charge in [0, 0.05) is 25.0 Å². The van der Waals surface area contributed by atoms with E-state index in [4.69, 9.17) is 0 Å². The highest BCUT2D eigenvalue weighted by atomic mass is 16.2. The molecule has 2 saturated carbocycles. The lowest BCUT2D eigenvalue weighted by molar-refractivity contribution is -0.130. The van der Waals surface area contributed by atoms with E-state index in [0.29, 0.717) is 25.0 Å². The third-order valence-corrected chi connectivity index (χ3v) is 5.50. The van der Waals surface area contributed by atoms with Crippen LogP contribution < -0.4 is 5.32 Å². The molecule has 1 unspecified atom stereocenters. The summed E-state index contributed by atoms with van der Waals surface area (Å²) in [5.74, 6) is 0.208. The number of nitrogens with zero attached hydrogens (tertiary/aromatic N) is 1. The number of amides is 2. The minimum atomic E-state index is -0.110. The fourth-order valence-corrected chi connectivity index (χ4v) is 4.22. The molecular formula is C17H28N2O2. The van der Waals surface area contributed by atoms with Crippen LogP contribution in [0.15, 0.2) is 0 Å². The molecule has 0 aromatic heterocycles. The number of carbonyl (C=O) groups excluding carboxylic acids is 2. The highest BCUT2D eigenvalue weighted by molar-refractivity contribution is 5.89. The number of rotatable bonds is 3. The SMILES string of the molecule is O=C(NC1CCCCCC1)C1CC(=O)N(C2CCCC2)C1. The van der Waals surface area contributed by atoms with Crippen LogP contribution in [0.1, 0.15) is 70.6 Å². The molecule has 3 rings (SSSR count). The van der Waals surface area contributed by atoms with Gasteiger partial charge in [0.2, 0.25) is 11.8 Å². The normalized spacial score (nSPS) is 28.9. The summed E-state index contributed by atoms with van der Waals surface area (Å²) in [5.41, 5.74) is 0. The standard InChI is InChI=1S/C17H28N2O2/c20-16-11-13(12-19(16)15-9-5-6-10-15)17(21)18-14-7-3-1-2-4-8-14/h13-15H,1-12H2,(H,18,21). The average molecular weight is 292 g/mol. The zero-order chi connectivity index (χ0) is 14.7. The molecule has 1 atom stereocenters. The maximum Gasteiger partial charge on any atom is 0.225 e. The molecule has 0 bridgehead atoms. The van der Waals surface area contributed by atoms with Gasteiger partial charge < -0.3 is 10.2 Å². The molecule has 0 aromatic carbocycles. The molecular weight excluding hydrogens is 264 g/mol. The van der Waals surface area contributed by atoms with E-state index < -0.39 is 0 Å². The summed E-state index contributed by atoms with van der Waals surface area (Å²) in [6.07, 6.45) is 12.4.